The van der Waals surface area contributed by atoms with Gasteiger partial charge in [-0.2, -0.15) is 0 Å². The smallest absolute Gasteiger partial charge is 0.226 e. The zero-order valence-corrected chi connectivity index (χ0v) is 14.0. The number of ether oxygens (including phenoxy) is 1. The molecule has 1 aliphatic carbocycles. The molecular formula is C16H28N4O3. The first-order chi connectivity index (χ1) is 11.1. The standard InChI is InChI=1S/C16H28N4O3/c1-18-4-6-20(7-5-18)16(22)14-12-13(14)15(21)17-2-3-19-8-10-23-11-9-19/h13-14H,2-12H2,1H3,(H,17,21). The molecule has 7 nitrogen and oxygen atoms in total. The van der Waals surface area contributed by atoms with Crippen LogP contribution in [0.3, 0.4) is 0 Å². The molecule has 3 rings (SSSR count). The molecule has 2 saturated heterocycles. The molecule has 0 spiro atoms. The number of hydrogen-bond acceptors (Lipinski definition) is 5. The van der Waals surface area contributed by atoms with E-state index in [0.717, 1.165) is 59.0 Å². The lowest BCUT2D eigenvalue weighted by Crippen LogP contribution is -2.48. The second kappa shape index (κ2) is 7.59. The lowest BCUT2D eigenvalue weighted by Gasteiger charge is -2.32. The summed E-state index contributed by atoms with van der Waals surface area (Å²) in [6, 6.07) is 0. The van der Waals surface area contributed by atoms with Crippen LogP contribution in [0.25, 0.3) is 0 Å². The maximum Gasteiger partial charge on any atom is 0.226 e. The van der Waals surface area contributed by atoms with E-state index in [1.54, 1.807) is 0 Å². The summed E-state index contributed by atoms with van der Waals surface area (Å²) in [5, 5.41) is 2.99. The Kier molecular flexibility index (Phi) is 5.50. The van der Waals surface area contributed by atoms with Crippen LogP contribution in [0.5, 0.6) is 0 Å². The molecule has 1 N–H and O–H groups in total. The summed E-state index contributed by atoms with van der Waals surface area (Å²) in [5.41, 5.74) is 0. The molecule has 7 heteroatoms. The number of carbonyl (C=O) groups excluding carboxylic acids is 2. The van der Waals surface area contributed by atoms with E-state index in [9.17, 15) is 9.59 Å². The third-order valence-corrected chi connectivity index (χ3v) is 5.09. The third kappa shape index (κ3) is 4.43. The number of piperazine rings is 1. The number of amides is 2. The fourth-order valence-corrected chi connectivity index (χ4v) is 3.31. The Labute approximate surface area is 137 Å². The maximum absolute atomic E-state index is 12.4. The number of carbonyl (C=O) groups is 2. The van der Waals surface area contributed by atoms with Gasteiger partial charge in [-0.25, -0.2) is 0 Å². The monoisotopic (exact) mass is 324 g/mol. The summed E-state index contributed by atoms with van der Waals surface area (Å²) < 4.78 is 5.31. The molecule has 0 bridgehead atoms. The molecule has 2 aliphatic heterocycles. The molecule has 130 valence electrons. The largest absolute Gasteiger partial charge is 0.379 e. The number of morpholine rings is 1. The molecule has 2 atom stereocenters. The van der Waals surface area contributed by atoms with Gasteiger partial charge in [0.05, 0.1) is 25.0 Å². The molecule has 23 heavy (non-hydrogen) atoms. The van der Waals surface area contributed by atoms with Crippen LogP contribution >= 0.6 is 0 Å². The lowest BCUT2D eigenvalue weighted by atomic mass is 10.2. The van der Waals surface area contributed by atoms with E-state index in [1.165, 1.54) is 0 Å². The van der Waals surface area contributed by atoms with E-state index in [4.69, 9.17) is 4.74 Å². The van der Waals surface area contributed by atoms with Crippen LogP contribution in [0.2, 0.25) is 0 Å². The Bertz CT molecular complexity index is 431. The molecular weight excluding hydrogens is 296 g/mol. The maximum atomic E-state index is 12.4. The van der Waals surface area contributed by atoms with Crippen molar-refractivity contribution in [3.8, 4) is 0 Å². The van der Waals surface area contributed by atoms with Gasteiger partial charge in [-0.05, 0) is 13.5 Å². The molecule has 2 unspecified atom stereocenters. The highest BCUT2D eigenvalue weighted by Crippen LogP contribution is 2.40. The van der Waals surface area contributed by atoms with Gasteiger partial charge in [-0.3, -0.25) is 14.5 Å². The van der Waals surface area contributed by atoms with Crippen molar-refractivity contribution in [2.75, 3.05) is 72.6 Å². The minimum absolute atomic E-state index is 0.0470. The van der Waals surface area contributed by atoms with Gasteiger partial charge in [0, 0.05) is 52.4 Å². The molecule has 1 saturated carbocycles. The van der Waals surface area contributed by atoms with Gasteiger partial charge in [0.15, 0.2) is 0 Å². The molecule has 0 aromatic rings. The van der Waals surface area contributed by atoms with Crippen molar-refractivity contribution in [2.24, 2.45) is 11.8 Å². The van der Waals surface area contributed by atoms with Crippen LogP contribution in [0, 0.1) is 11.8 Å². The van der Waals surface area contributed by atoms with Crippen LogP contribution in [0.1, 0.15) is 6.42 Å². The highest BCUT2D eigenvalue weighted by Gasteiger charge is 2.49. The van der Waals surface area contributed by atoms with Crippen LogP contribution in [-0.4, -0.2) is 99.1 Å². The SMILES string of the molecule is CN1CCN(C(=O)C2CC2C(=O)NCCN2CCOCC2)CC1. The highest BCUT2D eigenvalue weighted by molar-refractivity contribution is 5.92. The predicted octanol–water partition coefficient (Wildman–Crippen LogP) is -1.16. The van der Waals surface area contributed by atoms with Crippen LogP contribution < -0.4 is 5.32 Å². The Balaban J connectivity index is 1.34. The second-order valence-corrected chi connectivity index (χ2v) is 6.82. The van der Waals surface area contributed by atoms with E-state index < -0.39 is 0 Å². The van der Waals surface area contributed by atoms with Gasteiger partial charge in [-0.1, -0.05) is 0 Å². The molecule has 3 aliphatic rings. The van der Waals surface area contributed by atoms with E-state index >= 15 is 0 Å². The zero-order chi connectivity index (χ0) is 16.2. The van der Waals surface area contributed by atoms with E-state index in [-0.39, 0.29) is 23.7 Å². The van der Waals surface area contributed by atoms with Crippen LogP contribution in [0.4, 0.5) is 0 Å². The summed E-state index contributed by atoms with van der Waals surface area (Å²) in [5.74, 6) is 0.0332. The minimum atomic E-state index is -0.105. The second-order valence-electron chi connectivity index (χ2n) is 6.82. The number of nitrogens with one attached hydrogen (secondary N) is 1. The van der Waals surface area contributed by atoms with Crippen molar-refractivity contribution >= 4 is 11.8 Å². The average Bonchev–Trinajstić information content (AvgIpc) is 3.36. The quantitative estimate of drug-likeness (QED) is 0.691. The summed E-state index contributed by atoms with van der Waals surface area (Å²) >= 11 is 0. The van der Waals surface area contributed by atoms with Gasteiger partial charge in [0.2, 0.25) is 11.8 Å². The number of rotatable bonds is 5. The number of likely N-dealkylation sites (N-methyl/N-ethyl adjacent to an activating group) is 1. The summed E-state index contributed by atoms with van der Waals surface area (Å²) in [6.45, 7) is 8.37. The van der Waals surface area contributed by atoms with Gasteiger partial charge in [0.1, 0.15) is 0 Å². The fraction of sp³-hybridized carbons (Fsp3) is 0.875. The summed E-state index contributed by atoms with van der Waals surface area (Å²) in [6.07, 6.45) is 0.717. The highest BCUT2D eigenvalue weighted by atomic mass is 16.5. The Morgan fingerprint density at radius 2 is 1.74 bits per heavy atom. The average molecular weight is 324 g/mol. The first kappa shape index (κ1) is 16.7. The van der Waals surface area contributed by atoms with Gasteiger partial charge in [0.25, 0.3) is 0 Å². The Hall–Kier alpha value is -1.18. The first-order valence-corrected chi connectivity index (χ1v) is 8.70. The fourth-order valence-electron chi connectivity index (χ4n) is 3.31. The van der Waals surface area contributed by atoms with Crippen molar-refractivity contribution < 1.29 is 14.3 Å². The predicted molar refractivity (Wildman–Crippen MR) is 85.9 cm³/mol. The molecule has 0 aromatic carbocycles. The Morgan fingerprint density at radius 3 is 2.43 bits per heavy atom. The number of hydrogen-bond donors (Lipinski definition) is 1. The zero-order valence-electron chi connectivity index (χ0n) is 14.0. The van der Waals surface area contributed by atoms with E-state index in [1.807, 2.05) is 4.90 Å². The minimum Gasteiger partial charge on any atom is -0.379 e. The topological polar surface area (TPSA) is 65.1 Å². The first-order valence-electron chi connectivity index (χ1n) is 8.70. The van der Waals surface area contributed by atoms with Crippen molar-refractivity contribution in [3.63, 3.8) is 0 Å². The molecule has 2 amide bonds. The van der Waals surface area contributed by atoms with E-state index in [2.05, 4.69) is 22.2 Å². The van der Waals surface area contributed by atoms with Gasteiger partial charge < -0.3 is 19.9 Å². The normalized spacial score (nSPS) is 29.3. The number of nitrogens with zero attached hydrogens (tertiary/aromatic N) is 3. The molecule has 2 heterocycles. The summed E-state index contributed by atoms with van der Waals surface area (Å²) in [4.78, 5) is 31.0. The molecule has 0 aromatic heterocycles. The third-order valence-electron chi connectivity index (χ3n) is 5.09. The van der Waals surface area contributed by atoms with Crippen LogP contribution in [-0.2, 0) is 14.3 Å². The van der Waals surface area contributed by atoms with E-state index in [0.29, 0.717) is 13.0 Å². The van der Waals surface area contributed by atoms with Gasteiger partial charge in [-0.15, -0.1) is 0 Å². The molecule has 0 radical (unpaired) electrons. The van der Waals surface area contributed by atoms with Crippen molar-refractivity contribution in [1.82, 2.24) is 20.0 Å². The van der Waals surface area contributed by atoms with Crippen molar-refractivity contribution in [2.45, 2.75) is 6.42 Å². The lowest BCUT2D eigenvalue weighted by molar-refractivity contribution is -0.136. The molecule has 3 fully saturated rings. The van der Waals surface area contributed by atoms with Crippen molar-refractivity contribution in [1.29, 1.82) is 0 Å². The van der Waals surface area contributed by atoms with Gasteiger partial charge >= 0.3 is 0 Å². The van der Waals surface area contributed by atoms with Crippen molar-refractivity contribution in [3.05, 3.63) is 0 Å². The Morgan fingerprint density at radius 1 is 1.04 bits per heavy atom. The van der Waals surface area contributed by atoms with Crippen LogP contribution in [0.15, 0.2) is 0 Å². The summed E-state index contributed by atoms with van der Waals surface area (Å²) in [7, 11) is 2.07.